The summed E-state index contributed by atoms with van der Waals surface area (Å²) in [5, 5.41) is 0. The molecule has 0 radical (unpaired) electrons. The first-order chi connectivity index (χ1) is 14.2. The number of carbonyl (C=O) groups is 2. The second kappa shape index (κ2) is 9.11. The van der Waals surface area contributed by atoms with Gasteiger partial charge in [0, 0.05) is 56.6 Å². The fraction of sp³-hybridized carbons (Fsp3) is 0.682. The van der Waals surface area contributed by atoms with Crippen LogP contribution in [0.25, 0.3) is 0 Å². The quantitative estimate of drug-likeness (QED) is 0.774. The number of carbonyl (C=O) groups excluding carboxylic acids is 2. The molecule has 1 aromatic rings. The minimum absolute atomic E-state index is 0.0462. The molecule has 29 heavy (non-hydrogen) atoms. The summed E-state index contributed by atoms with van der Waals surface area (Å²) in [6, 6.07) is 3.92. The van der Waals surface area contributed by atoms with Gasteiger partial charge >= 0.3 is 0 Å². The average molecular weight is 401 g/mol. The van der Waals surface area contributed by atoms with Crippen LogP contribution in [0.1, 0.15) is 48.9 Å². The molecule has 7 heteroatoms. The zero-order valence-corrected chi connectivity index (χ0v) is 17.4. The number of nitrogens with zero attached hydrogens (tertiary/aromatic N) is 4. The monoisotopic (exact) mass is 400 g/mol. The first kappa shape index (κ1) is 20.1. The molecule has 2 amide bonds. The Bertz CT molecular complexity index is 727. The Morgan fingerprint density at radius 1 is 1.00 bits per heavy atom. The van der Waals surface area contributed by atoms with E-state index in [-0.39, 0.29) is 11.8 Å². The Kier molecular flexibility index (Phi) is 6.33. The van der Waals surface area contributed by atoms with Gasteiger partial charge in [-0.2, -0.15) is 0 Å². The third kappa shape index (κ3) is 4.55. The van der Waals surface area contributed by atoms with E-state index in [4.69, 9.17) is 4.74 Å². The van der Waals surface area contributed by atoms with Gasteiger partial charge in [0.05, 0.1) is 13.0 Å². The number of ether oxygens (including phenoxy) is 1. The lowest BCUT2D eigenvalue weighted by atomic mass is 9.92. The number of hydrogen-bond acceptors (Lipinski definition) is 5. The van der Waals surface area contributed by atoms with Crippen molar-refractivity contribution in [2.24, 2.45) is 5.92 Å². The van der Waals surface area contributed by atoms with Crippen molar-refractivity contribution in [1.29, 1.82) is 0 Å². The highest BCUT2D eigenvalue weighted by molar-refractivity contribution is 5.94. The van der Waals surface area contributed by atoms with Gasteiger partial charge in [-0.05, 0) is 51.1 Å². The Balaban J connectivity index is 1.30. The van der Waals surface area contributed by atoms with Crippen molar-refractivity contribution < 1.29 is 14.3 Å². The third-order valence-electron chi connectivity index (χ3n) is 6.68. The number of methoxy groups -OCH3 is 1. The van der Waals surface area contributed by atoms with Gasteiger partial charge in [0.2, 0.25) is 11.8 Å². The molecule has 3 aliphatic heterocycles. The molecule has 7 nitrogen and oxygen atoms in total. The van der Waals surface area contributed by atoms with Crippen molar-refractivity contribution in [3.63, 3.8) is 0 Å². The second-order valence-electron chi connectivity index (χ2n) is 8.48. The lowest BCUT2D eigenvalue weighted by molar-refractivity contribution is -0.136. The van der Waals surface area contributed by atoms with E-state index in [0.29, 0.717) is 23.4 Å². The maximum Gasteiger partial charge on any atom is 0.254 e. The predicted octanol–water partition coefficient (Wildman–Crippen LogP) is 2.03. The van der Waals surface area contributed by atoms with Gasteiger partial charge in [-0.3, -0.25) is 14.5 Å². The van der Waals surface area contributed by atoms with Gasteiger partial charge in [-0.1, -0.05) is 0 Å². The second-order valence-corrected chi connectivity index (χ2v) is 8.48. The molecule has 0 unspecified atom stereocenters. The summed E-state index contributed by atoms with van der Waals surface area (Å²) in [4.78, 5) is 36.2. The standard InChI is InChI=1S/C22H32N4O3/c1-29-20-15-17(6-9-23-20)21(27)25-13-7-19(8-14-25)26-12-4-5-18(16-26)22(28)24-10-2-3-11-24/h6,9,15,18-19H,2-5,7-8,10-14,16H2,1H3/t18-/m0/s1. The molecule has 0 aromatic carbocycles. The van der Waals surface area contributed by atoms with E-state index in [1.165, 1.54) is 0 Å². The van der Waals surface area contributed by atoms with Crippen molar-refractivity contribution in [3.05, 3.63) is 23.9 Å². The van der Waals surface area contributed by atoms with Crippen molar-refractivity contribution in [2.75, 3.05) is 46.4 Å². The van der Waals surface area contributed by atoms with Gasteiger partial charge in [0.15, 0.2) is 0 Å². The molecule has 3 saturated heterocycles. The number of rotatable bonds is 4. The minimum Gasteiger partial charge on any atom is -0.481 e. The smallest absolute Gasteiger partial charge is 0.254 e. The van der Waals surface area contributed by atoms with Crippen LogP contribution in [-0.2, 0) is 4.79 Å². The summed E-state index contributed by atoms with van der Waals surface area (Å²) in [5.74, 6) is 1.04. The van der Waals surface area contributed by atoms with E-state index in [9.17, 15) is 9.59 Å². The van der Waals surface area contributed by atoms with E-state index in [2.05, 4.69) is 14.8 Å². The van der Waals surface area contributed by atoms with Gasteiger partial charge < -0.3 is 14.5 Å². The topological polar surface area (TPSA) is 66.0 Å². The van der Waals surface area contributed by atoms with Gasteiger partial charge in [0.1, 0.15) is 0 Å². The van der Waals surface area contributed by atoms with E-state index >= 15 is 0 Å². The number of amides is 2. The summed E-state index contributed by atoms with van der Waals surface area (Å²) < 4.78 is 5.14. The summed E-state index contributed by atoms with van der Waals surface area (Å²) in [7, 11) is 1.56. The molecule has 4 heterocycles. The molecule has 0 saturated carbocycles. The first-order valence-corrected chi connectivity index (χ1v) is 11.0. The van der Waals surface area contributed by atoms with Crippen LogP contribution in [0.3, 0.4) is 0 Å². The largest absolute Gasteiger partial charge is 0.481 e. The Labute approximate surface area is 173 Å². The van der Waals surface area contributed by atoms with Crippen LogP contribution in [0.2, 0.25) is 0 Å². The molecule has 4 rings (SSSR count). The molecular formula is C22H32N4O3. The molecule has 158 valence electrons. The van der Waals surface area contributed by atoms with Crippen molar-refractivity contribution in [2.45, 2.75) is 44.6 Å². The Morgan fingerprint density at radius 3 is 2.48 bits per heavy atom. The molecule has 1 atom stereocenters. The predicted molar refractivity (Wildman–Crippen MR) is 110 cm³/mol. The van der Waals surface area contributed by atoms with Crippen LogP contribution in [0.4, 0.5) is 0 Å². The third-order valence-corrected chi connectivity index (χ3v) is 6.68. The molecule has 3 aliphatic rings. The normalized spacial score (nSPS) is 24.0. The summed E-state index contributed by atoms with van der Waals surface area (Å²) >= 11 is 0. The van der Waals surface area contributed by atoms with Gasteiger partial charge in [0.25, 0.3) is 5.91 Å². The van der Waals surface area contributed by atoms with Crippen LogP contribution in [0, 0.1) is 5.92 Å². The molecule has 0 aliphatic carbocycles. The van der Waals surface area contributed by atoms with E-state index in [1.807, 2.05) is 4.90 Å². The van der Waals surface area contributed by atoms with Gasteiger partial charge in [-0.15, -0.1) is 0 Å². The molecule has 0 spiro atoms. The van der Waals surface area contributed by atoms with Crippen molar-refractivity contribution in [3.8, 4) is 5.88 Å². The molecule has 3 fully saturated rings. The number of hydrogen-bond donors (Lipinski definition) is 0. The van der Waals surface area contributed by atoms with Crippen LogP contribution in [0.15, 0.2) is 18.3 Å². The fourth-order valence-electron chi connectivity index (χ4n) is 5.01. The van der Waals surface area contributed by atoms with Crippen LogP contribution >= 0.6 is 0 Å². The Hall–Kier alpha value is -2.15. The summed E-state index contributed by atoms with van der Waals surface area (Å²) in [6.07, 6.45) is 7.98. The van der Waals surface area contributed by atoms with E-state index in [1.54, 1.807) is 25.4 Å². The van der Waals surface area contributed by atoms with Crippen LogP contribution < -0.4 is 4.74 Å². The van der Waals surface area contributed by atoms with E-state index < -0.39 is 0 Å². The highest BCUT2D eigenvalue weighted by atomic mass is 16.5. The summed E-state index contributed by atoms with van der Waals surface area (Å²) in [5.41, 5.74) is 0.629. The summed E-state index contributed by atoms with van der Waals surface area (Å²) in [6.45, 7) is 5.36. The fourth-order valence-corrected chi connectivity index (χ4v) is 5.01. The van der Waals surface area contributed by atoms with Crippen LogP contribution in [-0.4, -0.2) is 83.9 Å². The SMILES string of the molecule is COc1cc(C(=O)N2CCC(N3CCC[C@H](C(=O)N4CCCC4)C3)CC2)ccn1. The molecular weight excluding hydrogens is 368 g/mol. The number of pyridine rings is 1. The van der Waals surface area contributed by atoms with Crippen LogP contribution in [0.5, 0.6) is 5.88 Å². The van der Waals surface area contributed by atoms with Crippen molar-refractivity contribution >= 4 is 11.8 Å². The number of likely N-dealkylation sites (tertiary alicyclic amines) is 3. The van der Waals surface area contributed by atoms with Crippen molar-refractivity contribution in [1.82, 2.24) is 19.7 Å². The zero-order chi connectivity index (χ0) is 20.2. The molecule has 0 N–H and O–H groups in total. The lowest BCUT2D eigenvalue weighted by Crippen LogP contribution is -2.51. The maximum absolute atomic E-state index is 12.8. The maximum atomic E-state index is 12.8. The average Bonchev–Trinajstić information content (AvgIpc) is 3.33. The lowest BCUT2D eigenvalue weighted by Gasteiger charge is -2.42. The Morgan fingerprint density at radius 2 is 1.76 bits per heavy atom. The van der Waals surface area contributed by atoms with Gasteiger partial charge in [-0.25, -0.2) is 4.98 Å². The number of aromatic nitrogens is 1. The molecule has 0 bridgehead atoms. The first-order valence-electron chi connectivity index (χ1n) is 11.0. The highest BCUT2D eigenvalue weighted by Gasteiger charge is 2.34. The minimum atomic E-state index is 0.0462. The zero-order valence-electron chi connectivity index (χ0n) is 17.4. The highest BCUT2D eigenvalue weighted by Crippen LogP contribution is 2.26. The van der Waals surface area contributed by atoms with E-state index in [0.717, 1.165) is 77.8 Å². The number of piperidine rings is 2. The molecule has 1 aromatic heterocycles.